The number of nitrogens with zero attached hydrogens (tertiary/aromatic N) is 1. The van der Waals surface area contributed by atoms with E-state index in [-0.39, 0.29) is 33.3 Å². The Morgan fingerprint density at radius 1 is 0.952 bits per heavy atom. The smallest absolute Gasteiger partial charge is 0.237 e. The van der Waals surface area contributed by atoms with Crippen LogP contribution in [0, 0.1) is 25.7 Å². The lowest BCUT2D eigenvalue weighted by atomic mass is 9.81. The van der Waals surface area contributed by atoms with Crippen LogP contribution in [0.15, 0.2) is 18.2 Å². The van der Waals surface area contributed by atoms with Gasteiger partial charge in [-0.3, -0.25) is 9.59 Å². The molecule has 4 atom stereocenters. The van der Waals surface area contributed by atoms with Gasteiger partial charge in [0.15, 0.2) is 0 Å². The van der Waals surface area contributed by atoms with Gasteiger partial charge in [-0.2, -0.15) is 0 Å². The van der Waals surface area contributed by atoms with Gasteiger partial charge in [0.25, 0.3) is 0 Å². The van der Waals surface area contributed by atoms with E-state index >= 15 is 0 Å². The van der Waals surface area contributed by atoms with Gasteiger partial charge in [0.2, 0.25) is 11.8 Å². The molecule has 0 radical (unpaired) electrons. The van der Waals surface area contributed by atoms with E-state index < -0.39 is 0 Å². The maximum atomic E-state index is 12.8. The van der Waals surface area contributed by atoms with Crippen LogP contribution in [0.3, 0.4) is 0 Å². The number of alkyl halides is 2. The van der Waals surface area contributed by atoms with Crippen molar-refractivity contribution < 1.29 is 9.59 Å². The molecule has 2 fully saturated rings. The van der Waals surface area contributed by atoms with Gasteiger partial charge in [0, 0.05) is 9.65 Å². The Morgan fingerprint density at radius 2 is 1.38 bits per heavy atom. The summed E-state index contributed by atoms with van der Waals surface area (Å²) in [7, 11) is 0. The van der Waals surface area contributed by atoms with E-state index in [1.165, 1.54) is 4.90 Å². The summed E-state index contributed by atoms with van der Waals surface area (Å²) in [4.78, 5) is 27.5. The van der Waals surface area contributed by atoms with Gasteiger partial charge in [-0.15, -0.1) is 0 Å². The number of carbonyl (C=O) groups is 2. The number of carbonyl (C=O) groups excluding carboxylic acids is 2. The Kier molecular flexibility index (Phi) is 3.99. The van der Waals surface area contributed by atoms with E-state index in [9.17, 15) is 9.59 Å². The number of halogens is 2. The average Bonchev–Trinajstić information content (AvgIpc) is 2.65. The zero-order valence-electron chi connectivity index (χ0n) is 12.0. The second-order valence-electron chi connectivity index (χ2n) is 5.97. The van der Waals surface area contributed by atoms with Gasteiger partial charge in [-0.05, 0) is 37.8 Å². The zero-order chi connectivity index (χ0) is 15.3. The first-order valence-electron chi connectivity index (χ1n) is 7.14. The predicted molar refractivity (Wildman–Crippen MR) is 90.1 cm³/mol. The topological polar surface area (TPSA) is 37.4 Å². The van der Waals surface area contributed by atoms with Gasteiger partial charge in [0.1, 0.15) is 0 Å². The Morgan fingerprint density at radius 3 is 1.81 bits per heavy atom. The maximum absolute atomic E-state index is 12.8. The lowest BCUT2D eigenvalue weighted by Crippen LogP contribution is -2.34. The highest BCUT2D eigenvalue weighted by atomic mass is 79.9. The van der Waals surface area contributed by atoms with E-state index in [0.717, 1.165) is 16.8 Å². The fraction of sp³-hybridized carbons (Fsp3) is 0.500. The first-order chi connectivity index (χ1) is 9.91. The summed E-state index contributed by atoms with van der Waals surface area (Å²) in [6.45, 7) is 3.90. The SMILES string of the molecule is Cc1cccc(C)c1N1C(=O)[C@H]2C[C@@H](Br)[C@@H](Br)C[C@H]2C1=O. The Bertz CT molecular complexity index is 568. The summed E-state index contributed by atoms with van der Waals surface area (Å²) in [6.07, 6.45) is 1.43. The van der Waals surface area contributed by atoms with Crippen LogP contribution in [0.2, 0.25) is 0 Å². The normalized spacial score (nSPS) is 32.5. The molecule has 2 amide bonds. The Labute approximate surface area is 141 Å². The molecule has 3 nitrogen and oxygen atoms in total. The van der Waals surface area contributed by atoms with Crippen LogP contribution in [0.1, 0.15) is 24.0 Å². The number of hydrogen-bond acceptors (Lipinski definition) is 2. The molecule has 1 aromatic carbocycles. The number of hydrogen-bond donors (Lipinski definition) is 0. The lowest BCUT2D eigenvalue weighted by molar-refractivity contribution is -0.122. The minimum Gasteiger partial charge on any atom is -0.274 e. The number of amides is 2. The molecule has 0 spiro atoms. The first-order valence-corrected chi connectivity index (χ1v) is 8.97. The van der Waals surface area contributed by atoms with Crippen LogP contribution in [0.4, 0.5) is 5.69 Å². The average molecular weight is 415 g/mol. The van der Waals surface area contributed by atoms with Crippen molar-refractivity contribution in [3.05, 3.63) is 29.3 Å². The molecule has 0 N–H and O–H groups in total. The number of fused-ring (bicyclic) bond motifs is 1. The number of imide groups is 1. The summed E-state index contributed by atoms with van der Waals surface area (Å²) in [5, 5.41) is 0. The second kappa shape index (κ2) is 5.51. The molecule has 0 unspecified atom stereocenters. The zero-order valence-corrected chi connectivity index (χ0v) is 15.1. The van der Waals surface area contributed by atoms with Crippen LogP contribution in [-0.2, 0) is 9.59 Å². The molecule has 1 aromatic rings. The van der Waals surface area contributed by atoms with Gasteiger partial charge >= 0.3 is 0 Å². The molecule has 3 rings (SSSR count). The van der Waals surface area contributed by atoms with Crippen LogP contribution < -0.4 is 4.90 Å². The minimum atomic E-state index is -0.185. The number of aryl methyl sites for hydroxylation is 2. The number of benzene rings is 1. The van der Waals surface area contributed by atoms with Gasteiger partial charge in [-0.1, -0.05) is 50.1 Å². The summed E-state index contributed by atoms with van der Waals surface area (Å²) < 4.78 is 0. The molecule has 1 saturated carbocycles. The van der Waals surface area contributed by atoms with Gasteiger partial charge in [-0.25, -0.2) is 4.90 Å². The molecule has 1 aliphatic heterocycles. The third-order valence-electron chi connectivity index (χ3n) is 4.57. The molecule has 1 saturated heterocycles. The lowest BCUT2D eigenvalue weighted by Gasteiger charge is -2.29. The highest BCUT2D eigenvalue weighted by Crippen LogP contribution is 2.45. The van der Waals surface area contributed by atoms with Crippen molar-refractivity contribution in [3.63, 3.8) is 0 Å². The molecule has 112 valence electrons. The summed E-state index contributed by atoms with van der Waals surface area (Å²) in [6, 6.07) is 5.85. The van der Waals surface area contributed by atoms with Gasteiger partial charge in [0.05, 0.1) is 17.5 Å². The van der Waals surface area contributed by atoms with Crippen molar-refractivity contribution in [2.75, 3.05) is 4.90 Å². The minimum absolute atomic E-state index is 0.0359. The van der Waals surface area contributed by atoms with Crippen molar-refractivity contribution in [3.8, 4) is 0 Å². The molecular weight excluding hydrogens is 398 g/mol. The third kappa shape index (κ3) is 2.38. The quantitative estimate of drug-likeness (QED) is 0.518. The molecule has 0 bridgehead atoms. The monoisotopic (exact) mass is 413 g/mol. The van der Waals surface area contributed by atoms with Crippen molar-refractivity contribution in [1.82, 2.24) is 0 Å². The number of para-hydroxylation sites is 1. The van der Waals surface area contributed by atoms with Crippen LogP contribution >= 0.6 is 31.9 Å². The van der Waals surface area contributed by atoms with E-state index in [1.54, 1.807) is 0 Å². The predicted octanol–water partition coefficient (Wildman–Crippen LogP) is 3.73. The van der Waals surface area contributed by atoms with Crippen molar-refractivity contribution >= 4 is 49.4 Å². The van der Waals surface area contributed by atoms with Crippen LogP contribution in [0.25, 0.3) is 0 Å². The van der Waals surface area contributed by atoms with Crippen LogP contribution in [0.5, 0.6) is 0 Å². The molecule has 0 aromatic heterocycles. The van der Waals surface area contributed by atoms with Crippen molar-refractivity contribution in [2.24, 2.45) is 11.8 Å². The second-order valence-corrected chi connectivity index (χ2v) is 8.32. The molecular formula is C16H17Br2NO2. The fourth-order valence-electron chi connectivity index (χ4n) is 3.47. The fourth-order valence-corrected chi connectivity index (χ4v) is 4.71. The largest absolute Gasteiger partial charge is 0.274 e. The first kappa shape index (κ1) is 15.2. The molecule has 1 aliphatic carbocycles. The Hall–Kier alpha value is -0.680. The summed E-state index contributed by atoms with van der Waals surface area (Å²) in [5.41, 5.74) is 2.72. The highest BCUT2D eigenvalue weighted by Gasteiger charge is 2.52. The van der Waals surface area contributed by atoms with E-state index in [4.69, 9.17) is 0 Å². The van der Waals surface area contributed by atoms with Gasteiger partial charge < -0.3 is 0 Å². The van der Waals surface area contributed by atoms with Crippen molar-refractivity contribution in [2.45, 2.75) is 36.3 Å². The van der Waals surface area contributed by atoms with E-state index in [0.29, 0.717) is 12.8 Å². The van der Waals surface area contributed by atoms with Crippen molar-refractivity contribution in [1.29, 1.82) is 0 Å². The maximum Gasteiger partial charge on any atom is 0.237 e. The third-order valence-corrected chi connectivity index (χ3v) is 7.31. The summed E-state index contributed by atoms with van der Waals surface area (Å²) >= 11 is 7.23. The van der Waals surface area contributed by atoms with E-state index in [2.05, 4.69) is 31.9 Å². The standard InChI is InChI=1S/C16H17Br2NO2/c1-8-4-3-5-9(2)14(8)19-15(20)10-6-12(17)13(18)7-11(10)16(19)21/h3-5,10-13H,6-7H2,1-2H3/t10-,11+,12+,13-. The molecule has 21 heavy (non-hydrogen) atoms. The van der Waals surface area contributed by atoms with Crippen LogP contribution in [-0.4, -0.2) is 21.5 Å². The molecule has 5 heteroatoms. The molecule has 1 heterocycles. The highest BCUT2D eigenvalue weighted by molar-refractivity contribution is 9.12. The number of anilines is 1. The summed E-state index contributed by atoms with van der Waals surface area (Å²) in [5.74, 6) is -0.443. The number of rotatable bonds is 1. The Balaban J connectivity index is 2.02. The molecule has 2 aliphatic rings. The van der Waals surface area contributed by atoms with E-state index in [1.807, 2.05) is 32.0 Å².